The van der Waals surface area contributed by atoms with Crippen LogP contribution in [0.25, 0.3) is 0 Å². The van der Waals surface area contributed by atoms with E-state index >= 15 is 0 Å². The van der Waals surface area contributed by atoms with Crippen LogP contribution in [0.2, 0.25) is 0 Å². The van der Waals surface area contributed by atoms with Crippen molar-refractivity contribution in [1.29, 1.82) is 0 Å². The van der Waals surface area contributed by atoms with Crippen molar-refractivity contribution >= 4 is 21.8 Å². The maximum absolute atomic E-state index is 13.1. The number of amides is 1. The molecule has 2 aromatic rings. The maximum Gasteiger partial charge on any atom is 0.251 e. The van der Waals surface area contributed by atoms with E-state index in [1.165, 1.54) is 12.1 Å². The molecular weight excluding hydrogens is 309 g/mol. The smallest absolute Gasteiger partial charge is 0.251 e. The van der Waals surface area contributed by atoms with Gasteiger partial charge in [0.25, 0.3) is 5.91 Å². The SMILES string of the molecule is CC(NC(=O)c1ccc(Br)cc1)c1cccc(F)c1. The highest BCUT2D eigenvalue weighted by atomic mass is 79.9. The quantitative estimate of drug-likeness (QED) is 0.906. The fraction of sp³-hybridized carbons (Fsp3) is 0.133. The molecule has 0 bridgehead atoms. The molecule has 19 heavy (non-hydrogen) atoms. The van der Waals surface area contributed by atoms with Crippen molar-refractivity contribution in [2.45, 2.75) is 13.0 Å². The number of hydrogen-bond donors (Lipinski definition) is 1. The van der Waals surface area contributed by atoms with E-state index in [2.05, 4.69) is 21.2 Å². The first-order valence-electron chi connectivity index (χ1n) is 5.88. The van der Waals surface area contributed by atoms with Crippen molar-refractivity contribution < 1.29 is 9.18 Å². The van der Waals surface area contributed by atoms with Crippen molar-refractivity contribution in [1.82, 2.24) is 5.32 Å². The van der Waals surface area contributed by atoms with Crippen LogP contribution in [0.5, 0.6) is 0 Å². The van der Waals surface area contributed by atoms with Crippen LogP contribution in [-0.4, -0.2) is 5.91 Å². The van der Waals surface area contributed by atoms with Crippen LogP contribution >= 0.6 is 15.9 Å². The summed E-state index contributed by atoms with van der Waals surface area (Å²) in [6.45, 7) is 1.82. The summed E-state index contributed by atoms with van der Waals surface area (Å²) in [6.07, 6.45) is 0. The highest BCUT2D eigenvalue weighted by molar-refractivity contribution is 9.10. The average molecular weight is 322 g/mol. The molecule has 0 saturated heterocycles. The lowest BCUT2D eigenvalue weighted by molar-refractivity contribution is 0.0940. The number of carbonyl (C=O) groups excluding carboxylic acids is 1. The zero-order valence-corrected chi connectivity index (χ0v) is 11.9. The van der Waals surface area contributed by atoms with E-state index in [-0.39, 0.29) is 17.8 Å². The molecule has 0 fully saturated rings. The topological polar surface area (TPSA) is 29.1 Å². The van der Waals surface area contributed by atoms with Crippen molar-refractivity contribution in [3.8, 4) is 0 Å². The van der Waals surface area contributed by atoms with E-state index in [0.717, 1.165) is 10.0 Å². The molecule has 1 N–H and O–H groups in total. The Bertz CT molecular complexity index is 583. The number of halogens is 2. The Morgan fingerprint density at radius 3 is 2.53 bits per heavy atom. The van der Waals surface area contributed by atoms with Crippen LogP contribution in [-0.2, 0) is 0 Å². The Kier molecular flexibility index (Phi) is 4.32. The highest BCUT2D eigenvalue weighted by Crippen LogP contribution is 2.15. The zero-order valence-electron chi connectivity index (χ0n) is 10.4. The van der Waals surface area contributed by atoms with Gasteiger partial charge in [-0.25, -0.2) is 4.39 Å². The van der Waals surface area contributed by atoms with Crippen molar-refractivity contribution in [2.75, 3.05) is 0 Å². The minimum atomic E-state index is -0.303. The predicted octanol–water partition coefficient (Wildman–Crippen LogP) is 4.08. The second kappa shape index (κ2) is 5.97. The summed E-state index contributed by atoms with van der Waals surface area (Å²) in [5.74, 6) is -0.480. The van der Waals surface area contributed by atoms with Gasteiger partial charge >= 0.3 is 0 Å². The minimum absolute atomic E-state index is 0.177. The van der Waals surface area contributed by atoms with Crippen molar-refractivity contribution in [2.24, 2.45) is 0 Å². The van der Waals surface area contributed by atoms with Gasteiger partial charge in [-0.2, -0.15) is 0 Å². The summed E-state index contributed by atoms with van der Waals surface area (Å²) < 4.78 is 14.0. The molecule has 0 aliphatic carbocycles. The molecule has 1 unspecified atom stereocenters. The molecule has 0 aromatic heterocycles. The first kappa shape index (κ1) is 13.7. The van der Waals surface area contributed by atoms with Gasteiger partial charge in [-0.3, -0.25) is 4.79 Å². The first-order valence-corrected chi connectivity index (χ1v) is 6.67. The van der Waals surface area contributed by atoms with Crippen LogP contribution in [0.15, 0.2) is 53.0 Å². The molecule has 0 spiro atoms. The van der Waals surface area contributed by atoms with Gasteiger partial charge in [0.1, 0.15) is 5.82 Å². The van der Waals surface area contributed by atoms with Crippen LogP contribution in [0.1, 0.15) is 28.9 Å². The van der Waals surface area contributed by atoms with Crippen LogP contribution in [0.4, 0.5) is 4.39 Å². The summed E-state index contributed by atoms with van der Waals surface area (Å²) in [7, 11) is 0. The molecule has 0 aliphatic rings. The Morgan fingerprint density at radius 1 is 1.21 bits per heavy atom. The summed E-state index contributed by atoms with van der Waals surface area (Å²) in [4.78, 5) is 12.0. The molecule has 0 heterocycles. The van der Waals surface area contributed by atoms with Gasteiger partial charge in [0, 0.05) is 10.0 Å². The van der Waals surface area contributed by atoms with E-state index in [1.54, 1.807) is 24.3 Å². The van der Waals surface area contributed by atoms with E-state index in [1.807, 2.05) is 19.1 Å². The summed E-state index contributed by atoms with van der Waals surface area (Å²) in [5, 5.41) is 2.84. The Hall–Kier alpha value is -1.68. The molecule has 98 valence electrons. The second-order valence-electron chi connectivity index (χ2n) is 4.26. The van der Waals surface area contributed by atoms with Gasteiger partial charge in [0.2, 0.25) is 0 Å². The Labute approximate surface area is 119 Å². The zero-order chi connectivity index (χ0) is 13.8. The molecule has 2 aromatic carbocycles. The number of hydrogen-bond acceptors (Lipinski definition) is 1. The van der Waals surface area contributed by atoms with Gasteiger partial charge in [-0.05, 0) is 48.9 Å². The molecule has 1 atom stereocenters. The summed E-state index contributed by atoms with van der Waals surface area (Å²) in [6, 6.07) is 13.1. The van der Waals surface area contributed by atoms with E-state index in [9.17, 15) is 9.18 Å². The molecule has 0 aliphatic heterocycles. The van der Waals surface area contributed by atoms with Gasteiger partial charge in [-0.15, -0.1) is 0 Å². The van der Waals surface area contributed by atoms with Crippen LogP contribution < -0.4 is 5.32 Å². The van der Waals surface area contributed by atoms with Crippen molar-refractivity contribution in [3.05, 3.63) is 69.9 Å². The van der Waals surface area contributed by atoms with Gasteiger partial charge in [0.05, 0.1) is 6.04 Å². The monoisotopic (exact) mass is 321 g/mol. The molecule has 0 saturated carbocycles. The Morgan fingerprint density at radius 2 is 1.89 bits per heavy atom. The largest absolute Gasteiger partial charge is 0.346 e. The standard InChI is InChI=1S/C15H13BrFNO/c1-10(12-3-2-4-14(17)9-12)18-15(19)11-5-7-13(16)8-6-11/h2-10H,1H3,(H,18,19). The van der Waals surface area contributed by atoms with Crippen LogP contribution in [0, 0.1) is 5.82 Å². The van der Waals surface area contributed by atoms with E-state index < -0.39 is 0 Å². The second-order valence-corrected chi connectivity index (χ2v) is 5.17. The minimum Gasteiger partial charge on any atom is -0.346 e. The summed E-state index contributed by atoms with van der Waals surface area (Å²) in [5.41, 5.74) is 1.32. The predicted molar refractivity (Wildman–Crippen MR) is 76.4 cm³/mol. The molecule has 1 amide bonds. The third-order valence-electron chi connectivity index (χ3n) is 2.80. The molecule has 2 rings (SSSR count). The number of rotatable bonds is 3. The lowest BCUT2D eigenvalue weighted by Crippen LogP contribution is -2.26. The molecule has 2 nitrogen and oxygen atoms in total. The number of benzene rings is 2. The molecule has 4 heteroatoms. The van der Waals surface area contributed by atoms with Gasteiger partial charge in [-0.1, -0.05) is 28.1 Å². The number of carbonyl (C=O) groups is 1. The molecular formula is C15H13BrFNO. The van der Waals surface area contributed by atoms with Crippen LogP contribution in [0.3, 0.4) is 0 Å². The summed E-state index contributed by atoms with van der Waals surface area (Å²) >= 11 is 3.32. The normalized spacial score (nSPS) is 11.9. The lowest BCUT2D eigenvalue weighted by atomic mass is 10.1. The third-order valence-corrected chi connectivity index (χ3v) is 3.33. The maximum atomic E-state index is 13.1. The third kappa shape index (κ3) is 3.64. The first-order chi connectivity index (χ1) is 9.06. The van der Waals surface area contributed by atoms with Crippen molar-refractivity contribution in [3.63, 3.8) is 0 Å². The van der Waals surface area contributed by atoms with Gasteiger partial charge < -0.3 is 5.32 Å². The molecule has 0 radical (unpaired) electrons. The van der Waals surface area contributed by atoms with Gasteiger partial charge in [0.15, 0.2) is 0 Å². The van der Waals surface area contributed by atoms with E-state index in [4.69, 9.17) is 0 Å². The lowest BCUT2D eigenvalue weighted by Gasteiger charge is -2.14. The number of nitrogens with one attached hydrogen (secondary N) is 1. The fourth-order valence-electron chi connectivity index (χ4n) is 1.74. The van der Waals surface area contributed by atoms with E-state index in [0.29, 0.717) is 5.56 Å². The average Bonchev–Trinajstić information content (AvgIpc) is 2.39. The highest BCUT2D eigenvalue weighted by Gasteiger charge is 2.11. The Balaban J connectivity index is 2.08. The fourth-order valence-corrected chi connectivity index (χ4v) is 2.00.